The van der Waals surface area contributed by atoms with E-state index in [1.165, 1.54) is 0 Å². The van der Waals surface area contributed by atoms with Crippen molar-refractivity contribution in [3.63, 3.8) is 0 Å². The summed E-state index contributed by atoms with van der Waals surface area (Å²) in [4.78, 5) is 0. The van der Waals surface area contributed by atoms with Crippen LogP contribution < -0.4 is 0 Å². The van der Waals surface area contributed by atoms with Crippen LogP contribution in [0.2, 0.25) is 0 Å². The molecule has 0 spiro atoms. The second-order valence-corrected chi connectivity index (χ2v) is 23.1. The predicted octanol–water partition coefficient (Wildman–Crippen LogP) is 0.747. The molecule has 0 radical (unpaired) electrons. The van der Waals surface area contributed by atoms with E-state index in [4.69, 9.17) is 44.8 Å². The minimum absolute atomic E-state index is 1.90. The van der Waals surface area contributed by atoms with E-state index in [0.717, 1.165) is 0 Å². The molecule has 0 saturated carbocycles. The Hall–Kier alpha value is 2.28. The van der Waals surface area contributed by atoms with Crippen molar-refractivity contribution in [1.82, 2.24) is 0 Å². The van der Waals surface area contributed by atoms with E-state index in [2.05, 4.69) is 23.3 Å². The molecule has 0 atom stereocenters. The molecule has 0 fully saturated rings. The third kappa shape index (κ3) is 3.45. The third-order valence-electron chi connectivity index (χ3n) is 0.266. The highest BCUT2D eigenvalue weighted by molar-refractivity contribution is 9.41. The normalized spacial score (nSPS) is 13.8. The molecule has 0 aromatic carbocycles. The van der Waals surface area contributed by atoms with E-state index in [1.807, 2.05) is 0 Å². The molecular formula is H2S8. The van der Waals surface area contributed by atoms with Crippen LogP contribution in [0.5, 0.6) is 0 Å². The van der Waals surface area contributed by atoms with Gasteiger partial charge in [-0.15, -0.1) is 0 Å². The Morgan fingerprint density at radius 3 is 0.875 bits per heavy atom. The molecule has 0 aliphatic carbocycles. The molecule has 0 aromatic heterocycles. The molecular weight excluding hydrogens is 257 g/mol. The fourth-order valence-corrected chi connectivity index (χ4v) is 0. The first-order valence-corrected chi connectivity index (χ1v) is 10.8. The van der Waals surface area contributed by atoms with Crippen molar-refractivity contribution in [3.05, 3.63) is 0 Å². The Bertz CT molecular complexity index is 212. The zero-order valence-corrected chi connectivity index (χ0v) is 10.0. The van der Waals surface area contributed by atoms with Gasteiger partial charge in [0.25, 0.3) is 0 Å². The Morgan fingerprint density at radius 1 is 0.750 bits per heavy atom. The van der Waals surface area contributed by atoms with Crippen molar-refractivity contribution in [2.24, 2.45) is 0 Å². The van der Waals surface area contributed by atoms with Gasteiger partial charge in [0.2, 0.25) is 0 Å². The highest BCUT2D eigenvalue weighted by Crippen LogP contribution is 2.14. The first-order valence-electron chi connectivity index (χ1n) is 1.20. The lowest BCUT2D eigenvalue weighted by Gasteiger charge is -2.00. The maximum absolute atomic E-state index is 4.74. The molecule has 0 bridgehead atoms. The van der Waals surface area contributed by atoms with Gasteiger partial charge >= 0.3 is 0 Å². The van der Waals surface area contributed by atoms with Crippen LogP contribution >= 0.6 is 23.3 Å². The molecule has 0 aromatic rings. The minimum atomic E-state index is -1.90. The van der Waals surface area contributed by atoms with Gasteiger partial charge in [0.1, 0.15) is 0 Å². The molecule has 50 valence electrons. The van der Waals surface area contributed by atoms with E-state index in [9.17, 15) is 0 Å². The standard InChI is InChI=1S/H2S8/c1-7(2,3)8(4,5)6/h(H,1,2,3)(H,4,5,6). The molecule has 8 heteroatoms. The van der Waals surface area contributed by atoms with Crippen molar-refractivity contribution in [3.8, 4) is 0 Å². The number of hydrogen-bond acceptors (Lipinski definition) is 4. The lowest BCUT2D eigenvalue weighted by molar-refractivity contribution is 5.40. The van der Waals surface area contributed by atoms with Crippen LogP contribution in [0, 0.1) is 0 Å². The lowest BCUT2D eigenvalue weighted by atomic mass is 30.1. The Morgan fingerprint density at radius 2 is 0.875 bits per heavy atom. The quantitative estimate of drug-likeness (QED) is 0.526. The summed E-state index contributed by atoms with van der Waals surface area (Å²) < 4.78 is 0. The van der Waals surface area contributed by atoms with Crippen LogP contribution in [0.3, 0.4) is 0 Å². The van der Waals surface area contributed by atoms with Gasteiger partial charge in [-0.05, 0) is 44.8 Å². The Balaban J connectivity index is 5.18. The number of thiol groups is 2. The first kappa shape index (κ1) is 10.3. The summed E-state index contributed by atoms with van der Waals surface area (Å²) in [6.45, 7) is 0. The van der Waals surface area contributed by atoms with Crippen LogP contribution in [0.25, 0.3) is 0 Å². The fraction of sp³-hybridized carbons (Fsp3) is 0. The Labute approximate surface area is 77.4 Å². The minimum Gasteiger partial charge on any atom is -0.0917 e. The molecule has 0 N–H and O–H groups in total. The molecule has 0 rings (SSSR count). The van der Waals surface area contributed by atoms with Gasteiger partial charge in [-0.2, -0.15) is 0 Å². The molecule has 0 aliphatic rings. The van der Waals surface area contributed by atoms with Crippen LogP contribution in [-0.4, -0.2) is 0 Å². The summed E-state index contributed by atoms with van der Waals surface area (Å²) >= 11 is 26.7. The highest BCUT2D eigenvalue weighted by Gasteiger charge is 2.00. The first-order chi connectivity index (χ1) is 3.25. The van der Waals surface area contributed by atoms with E-state index < -0.39 is 10.4 Å². The lowest BCUT2D eigenvalue weighted by Crippen LogP contribution is -1.91. The summed E-state index contributed by atoms with van der Waals surface area (Å²) in [7, 11) is 0. The maximum atomic E-state index is 4.74. The molecule has 0 unspecified atom stereocenters. The number of hydrogen-bond donors (Lipinski definition) is 2. The van der Waals surface area contributed by atoms with Gasteiger partial charge in [-0.3, -0.25) is 0 Å². The van der Waals surface area contributed by atoms with Crippen LogP contribution in [0.4, 0.5) is 0 Å². The average molecular weight is 259 g/mol. The maximum Gasteiger partial charge on any atom is 0.0238 e. The third-order valence-corrected chi connectivity index (χ3v) is 21.6. The van der Waals surface area contributed by atoms with Gasteiger partial charge in [0, 0.05) is 10.4 Å². The monoisotopic (exact) mass is 258 g/mol. The molecule has 0 nitrogen and oxygen atoms in total. The van der Waals surface area contributed by atoms with Crippen molar-refractivity contribution in [2.75, 3.05) is 0 Å². The summed E-state index contributed by atoms with van der Waals surface area (Å²) in [5.74, 6) is 0. The number of rotatable bonds is 1. The van der Waals surface area contributed by atoms with E-state index in [-0.39, 0.29) is 0 Å². The fourth-order valence-electron chi connectivity index (χ4n) is 0. The van der Waals surface area contributed by atoms with Crippen molar-refractivity contribution < 1.29 is 0 Å². The van der Waals surface area contributed by atoms with E-state index >= 15 is 0 Å². The summed E-state index contributed by atoms with van der Waals surface area (Å²) in [5, 5.41) is -3.80. The highest BCUT2D eigenvalue weighted by atomic mass is 34.1. The van der Waals surface area contributed by atoms with Gasteiger partial charge in [-0.25, -0.2) is 0 Å². The molecule has 8 heavy (non-hydrogen) atoms. The van der Waals surface area contributed by atoms with E-state index in [0.29, 0.717) is 0 Å². The van der Waals surface area contributed by atoms with Crippen LogP contribution in [0.15, 0.2) is 0 Å². The topological polar surface area (TPSA) is 0 Å². The SMILES string of the molecule is S=S(=S)(S)S(=S)(=S)S. The molecule has 0 amide bonds. The van der Waals surface area contributed by atoms with Gasteiger partial charge in [0.05, 0.1) is 0 Å². The van der Waals surface area contributed by atoms with E-state index in [1.54, 1.807) is 0 Å². The van der Waals surface area contributed by atoms with Gasteiger partial charge in [0.15, 0.2) is 0 Å². The predicted molar refractivity (Wildman–Crippen MR) is 62.2 cm³/mol. The zero-order valence-electron chi connectivity index (χ0n) is 3.34. The molecule has 0 heterocycles. The second-order valence-electron chi connectivity index (χ2n) is 0.855. The largest absolute Gasteiger partial charge is 0.0917 e. The summed E-state index contributed by atoms with van der Waals surface area (Å²) in [6.07, 6.45) is 0. The smallest absolute Gasteiger partial charge is 0.0238 e. The van der Waals surface area contributed by atoms with Gasteiger partial charge in [-0.1, -0.05) is 23.3 Å². The molecule has 0 saturated heterocycles. The average Bonchev–Trinajstić information content (AvgIpc) is 1.25. The van der Waals surface area contributed by atoms with Crippen LogP contribution in [-0.2, 0) is 55.2 Å². The van der Waals surface area contributed by atoms with Crippen molar-refractivity contribution in [1.29, 1.82) is 0 Å². The summed E-state index contributed by atoms with van der Waals surface area (Å²) in [6, 6.07) is 0. The van der Waals surface area contributed by atoms with Crippen LogP contribution in [0.1, 0.15) is 0 Å². The second kappa shape index (κ2) is 3.12. The summed E-state index contributed by atoms with van der Waals surface area (Å²) in [5.41, 5.74) is 0. The molecule has 0 aliphatic heterocycles. The zero-order chi connectivity index (χ0) is 7.00. The van der Waals surface area contributed by atoms with Crippen molar-refractivity contribution in [2.45, 2.75) is 0 Å². The van der Waals surface area contributed by atoms with Gasteiger partial charge < -0.3 is 0 Å². The van der Waals surface area contributed by atoms with Crippen molar-refractivity contribution >= 4 is 78.5 Å². The Kier molecular flexibility index (Phi) is 4.01.